The van der Waals surface area contributed by atoms with Gasteiger partial charge >= 0.3 is 0 Å². The van der Waals surface area contributed by atoms with Crippen LogP contribution in [0.5, 0.6) is 0 Å². The quantitative estimate of drug-likeness (QED) is 0.854. The van der Waals surface area contributed by atoms with Crippen molar-refractivity contribution in [2.45, 2.75) is 45.6 Å². The predicted molar refractivity (Wildman–Crippen MR) is 78.6 cm³/mol. The van der Waals surface area contributed by atoms with E-state index in [1.807, 2.05) is 6.07 Å². The molecule has 1 aromatic carbocycles. The second-order valence-corrected chi connectivity index (χ2v) is 6.83. The van der Waals surface area contributed by atoms with Gasteiger partial charge in [-0.05, 0) is 42.7 Å². The maximum Gasteiger partial charge on any atom is 0.0503 e. The molecule has 1 aromatic rings. The molecule has 2 unspecified atom stereocenters. The van der Waals surface area contributed by atoms with Gasteiger partial charge in [-0.25, -0.2) is 0 Å². The normalized spacial score (nSPS) is 31.0. The van der Waals surface area contributed by atoms with Crippen molar-refractivity contribution in [3.63, 3.8) is 0 Å². The topological polar surface area (TPSA) is 38.0 Å². The molecule has 2 rings (SSSR count). The lowest BCUT2D eigenvalue weighted by Gasteiger charge is -2.48. The summed E-state index contributed by atoms with van der Waals surface area (Å²) in [6.45, 7) is 7.77. The van der Waals surface area contributed by atoms with Crippen LogP contribution in [0.3, 0.4) is 0 Å². The molecule has 0 heterocycles. The SMILES string of the molecule is CC1CC(C)(C)CC(CN)(Nc2ccccc2)C1. The zero-order valence-electron chi connectivity index (χ0n) is 11.9. The molecule has 0 spiro atoms. The number of hydrogen-bond acceptors (Lipinski definition) is 2. The van der Waals surface area contributed by atoms with Crippen molar-refractivity contribution in [2.75, 3.05) is 11.9 Å². The Labute approximate surface area is 111 Å². The van der Waals surface area contributed by atoms with Crippen molar-refractivity contribution in [2.24, 2.45) is 17.1 Å². The summed E-state index contributed by atoms with van der Waals surface area (Å²) >= 11 is 0. The van der Waals surface area contributed by atoms with Gasteiger partial charge in [0.05, 0.1) is 5.54 Å². The van der Waals surface area contributed by atoms with E-state index in [0.29, 0.717) is 12.0 Å². The lowest BCUT2D eigenvalue weighted by Crippen LogP contribution is -2.52. The minimum Gasteiger partial charge on any atom is -0.378 e. The van der Waals surface area contributed by atoms with Crippen LogP contribution in [0.15, 0.2) is 30.3 Å². The summed E-state index contributed by atoms with van der Waals surface area (Å²) in [6, 6.07) is 10.5. The summed E-state index contributed by atoms with van der Waals surface area (Å²) in [7, 11) is 0. The van der Waals surface area contributed by atoms with Gasteiger partial charge in [0.25, 0.3) is 0 Å². The van der Waals surface area contributed by atoms with Gasteiger partial charge in [-0.1, -0.05) is 39.0 Å². The fourth-order valence-electron chi connectivity index (χ4n) is 3.87. The Kier molecular flexibility index (Phi) is 3.67. The molecular weight excluding hydrogens is 220 g/mol. The molecule has 0 saturated heterocycles. The van der Waals surface area contributed by atoms with Crippen LogP contribution >= 0.6 is 0 Å². The van der Waals surface area contributed by atoms with E-state index in [1.54, 1.807) is 0 Å². The van der Waals surface area contributed by atoms with Crippen LogP contribution in [0, 0.1) is 11.3 Å². The van der Waals surface area contributed by atoms with Gasteiger partial charge in [0.2, 0.25) is 0 Å². The lowest BCUT2D eigenvalue weighted by molar-refractivity contribution is 0.125. The number of nitrogens with two attached hydrogens (primary N) is 1. The summed E-state index contributed by atoms with van der Waals surface area (Å²) in [5.41, 5.74) is 7.73. The minimum absolute atomic E-state index is 0.0581. The molecule has 2 atom stereocenters. The highest BCUT2D eigenvalue weighted by atomic mass is 15.0. The summed E-state index contributed by atoms with van der Waals surface area (Å²) < 4.78 is 0. The van der Waals surface area contributed by atoms with E-state index in [1.165, 1.54) is 18.5 Å². The van der Waals surface area contributed by atoms with Gasteiger partial charge in [0, 0.05) is 12.2 Å². The molecule has 0 aliphatic heterocycles. The molecule has 0 radical (unpaired) electrons. The van der Waals surface area contributed by atoms with E-state index in [9.17, 15) is 0 Å². The average molecular weight is 246 g/mol. The fourth-order valence-corrected chi connectivity index (χ4v) is 3.87. The van der Waals surface area contributed by atoms with Crippen molar-refractivity contribution in [1.82, 2.24) is 0 Å². The fraction of sp³-hybridized carbons (Fsp3) is 0.625. The van der Waals surface area contributed by atoms with Crippen molar-refractivity contribution in [1.29, 1.82) is 0 Å². The van der Waals surface area contributed by atoms with Crippen molar-refractivity contribution in [3.8, 4) is 0 Å². The van der Waals surface area contributed by atoms with Gasteiger partial charge in [-0.2, -0.15) is 0 Å². The first-order valence-corrected chi connectivity index (χ1v) is 6.98. The van der Waals surface area contributed by atoms with Gasteiger partial charge in [-0.15, -0.1) is 0 Å². The van der Waals surface area contributed by atoms with E-state index < -0.39 is 0 Å². The van der Waals surface area contributed by atoms with Crippen LogP contribution in [-0.4, -0.2) is 12.1 Å². The summed E-state index contributed by atoms with van der Waals surface area (Å²) in [5, 5.41) is 3.71. The molecule has 1 saturated carbocycles. The maximum absolute atomic E-state index is 6.11. The van der Waals surface area contributed by atoms with Gasteiger partial charge < -0.3 is 11.1 Å². The van der Waals surface area contributed by atoms with E-state index >= 15 is 0 Å². The van der Waals surface area contributed by atoms with Crippen molar-refractivity contribution >= 4 is 5.69 Å². The summed E-state index contributed by atoms with van der Waals surface area (Å²) in [6.07, 6.45) is 3.61. The van der Waals surface area contributed by atoms with Gasteiger partial charge in [-0.3, -0.25) is 0 Å². The highest BCUT2D eigenvalue weighted by Crippen LogP contribution is 2.44. The van der Waals surface area contributed by atoms with E-state index in [0.717, 1.165) is 12.3 Å². The third kappa shape index (κ3) is 3.05. The number of para-hydroxylation sites is 1. The lowest BCUT2D eigenvalue weighted by atomic mass is 9.64. The second kappa shape index (κ2) is 4.93. The highest BCUT2D eigenvalue weighted by Gasteiger charge is 2.41. The second-order valence-electron chi connectivity index (χ2n) is 6.83. The Morgan fingerprint density at radius 3 is 2.44 bits per heavy atom. The van der Waals surface area contributed by atoms with Crippen LogP contribution < -0.4 is 11.1 Å². The average Bonchev–Trinajstić information content (AvgIpc) is 2.27. The van der Waals surface area contributed by atoms with Crippen LogP contribution in [0.25, 0.3) is 0 Å². The Morgan fingerprint density at radius 2 is 1.89 bits per heavy atom. The molecule has 1 aliphatic rings. The smallest absolute Gasteiger partial charge is 0.0503 e. The molecule has 100 valence electrons. The summed E-state index contributed by atoms with van der Waals surface area (Å²) in [4.78, 5) is 0. The predicted octanol–water partition coefficient (Wildman–Crippen LogP) is 3.64. The van der Waals surface area contributed by atoms with Gasteiger partial charge in [0.15, 0.2) is 0 Å². The zero-order valence-corrected chi connectivity index (χ0v) is 11.9. The van der Waals surface area contributed by atoms with Crippen LogP contribution in [0.1, 0.15) is 40.0 Å². The Bertz CT molecular complexity index is 385. The number of hydrogen-bond donors (Lipinski definition) is 2. The maximum atomic E-state index is 6.11. The first kappa shape index (κ1) is 13.4. The standard InChI is InChI=1S/C16H26N2/c1-13-9-15(2,3)11-16(10-13,12-17)18-14-7-5-4-6-8-14/h4-8,13,18H,9-12,17H2,1-3H3. The molecule has 1 fully saturated rings. The molecule has 2 heteroatoms. The highest BCUT2D eigenvalue weighted by molar-refractivity contribution is 5.45. The first-order valence-electron chi connectivity index (χ1n) is 6.98. The molecule has 2 nitrogen and oxygen atoms in total. The largest absolute Gasteiger partial charge is 0.378 e. The third-order valence-corrected chi connectivity index (χ3v) is 4.03. The first-order chi connectivity index (χ1) is 8.45. The molecule has 0 aromatic heterocycles. The Balaban J connectivity index is 2.20. The minimum atomic E-state index is 0.0581. The van der Waals surface area contributed by atoms with E-state index in [2.05, 4.69) is 50.4 Å². The van der Waals surface area contributed by atoms with Crippen LogP contribution in [0.4, 0.5) is 5.69 Å². The third-order valence-electron chi connectivity index (χ3n) is 4.03. The number of benzene rings is 1. The Morgan fingerprint density at radius 1 is 1.22 bits per heavy atom. The molecule has 0 amide bonds. The zero-order chi connectivity index (χ0) is 13.2. The Hall–Kier alpha value is -1.02. The molecule has 18 heavy (non-hydrogen) atoms. The number of rotatable bonds is 3. The molecule has 0 bridgehead atoms. The number of nitrogens with one attached hydrogen (secondary N) is 1. The monoisotopic (exact) mass is 246 g/mol. The number of anilines is 1. The van der Waals surface area contributed by atoms with E-state index in [-0.39, 0.29) is 5.54 Å². The molecule has 3 N–H and O–H groups in total. The van der Waals surface area contributed by atoms with Crippen LogP contribution in [-0.2, 0) is 0 Å². The van der Waals surface area contributed by atoms with Gasteiger partial charge in [0.1, 0.15) is 0 Å². The summed E-state index contributed by atoms with van der Waals surface area (Å²) in [5.74, 6) is 0.730. The van der Waals surface area contributed by atoms with E-state index in [4.69, 9.17) is 5.73 Å². The molecule has 1 aliphatic carbocycles. The van der Waals surface area contributed by atoms with Crippen molar-refractivity contribution in [3.05, 3.63) is 30.3 Å². The van der Waals surface area contributed by atoms with Crippen molar-refractivity contribution < 1.29 is 0 Å². The van der Waals surface area contributed by atoms with Crippen LogP contribution in [0.2, 0.25) is 0 Å². The molecular formula is C16H26N2.